The lowest BCUT2D eigenvalue weighted by molar-refractivity contribution is -0.101. The summed E-state index contributed by atoms with van der Waals surface area (Å²) >= 11 is 0. The van der Waals surface area contributed by atoms with Gasteiger partial charge in [-0.25, -0.2) is 9.18 Å². The van der Waals surface area contributed by atoms with Gasteiger partial charge in [0.05, 0.1) is 22.8 Å². The molecule has 0 bridgehead atoms. The largest absolute Gasteiger partial charge is 0.494 e. The number of hydrogen-bond acceptors (Lipinski definition) is 5. The van der Waals surface area contributed by atoms with Crippen molar-refractivity contribution in [3.63, 3.8) is 0 Å². The Morgan fingerprint density at radius 3 is 2.08 bits per heavy atom. The second-order valence-corrected chi connectivity index (χ2v) is 11.7. The highest BCUT2D eigenvalue weighted by Crippen LogP contribution is 2.42. The first-order chi connectivity index (χ1) is 16.6. The molecule has 0 spiro atoms. The average Bonchev–Trinajstić information content (AvgIpc) is 2.99. The molecule has 0 saturated carbocycles. The van der Waals surface area contributed by atoms with E-state index < -0.39 is 35.6 Å². The Bertz CT molecular complexity index is 1080. The minimum absolute atomic E-state index is 0.211. The molecule has 2 atom stereocenters. The Morgan fingerprint density at radius 2 is 1.58 bits per heavy atom. The van der Waals surface area contributed by atoms with Gasteiger partial charge in [-0.3, -0.25) is 0 Å². The van der Waals surface area contributed by atoms with Crippen LogP contribution in [0.15, 0.2) is 48.5 Å². The van der Waals surface area contributed by atoms with Crippen molar-refractivity contribution >= 4 is 18.7 Å². The number of carbonyl (C=O) groups is 1. The van der Waals surface area contributed by atoms with Crippen LogP contribution in [0.5, 0.6) is 0 Å². The smallest absolute Gasteiger partial charge is 0.438 e. The molecule has 2 fully saturated rings. The molecule has 2 saturated heterocycles. The average molecular weight is 497 g/mol. The molecule has 1 N–H and O–H groups in total. The van der Waals surface area contributed by atoms with Crippen LogP contribution in [0.1, 0.15) is 78.5 Å². The number of hydrogen-bond donors (Lipinski definition) is 1. The second kappa shape index (κ2) is 9.16. The first-order valence-electron chi connectivity index (χ1n) is 12.6. The van der Waals surface area contributed by atoms with Crippen LogP contribution in [0.25, 0.3) is 0 Å². The molecule has 8 heteroatoms. The zero-order valence-corrected chi connectivity index (χ0v) is 22.3. The predicted octanol–water partition coefficient (Wildman–Crippen LogP) is 5.08. The maximum atomic E-state index is 13.6. The van der Waals surface area contributed by atoms with Crippen molar-refractivity contribution in [2.24, 2.45) is 0 Å². The zero-order chi connectivity index (χ0) is 26.5. The van der Waals surface area contributed by atoms with Gasteiger partial charge in [0.15, 0.2) is 0 Å². The van der Waals surface area contributed by atoms with Crippen LogP contribution in [0.3, 0.4) is 0 Å². The van der Waals surface area contributed by atoms with Crippen LogP contribution < -0.4 is 5.46 Å². The van der Waals surface area contributed by atoms with Gasteiger partial charge < -0.3 is 24.1 Å². The highest BCUT2D eigenvalue weighted by atomic mass is 19.1. The summed E-state index contributed by atoms with van der Waals surface area (Å²) in [6, 6.07) is 13.6. The number of carbonyl (C=O) groups excluding carboxylic acids is 1. The van der Waals surface area contributed by atoms with Crippen LogP contribution in [0.2, 0.25) is 0 Å². The van der Waals surface area contributed by atoms with E-state index in [0.717, 1.165) is 11.0 Å². The van der Waals surface area contributed by atoms with Gasteiger partial charge in [-0.2, -0.15) is 0 Å². The summed E-state index contributed by atoms with van der Waals surface area (Å²) in [5.74, 6) is -0.362. The van der Waals surface area contributed by atoms with Crippen LogP contribution >= 0.6 is 0 Å². The summed E-state index contributed by atoms with van der Waals surface area (Å²) in [5, 5.41) is 10.6. The summed E-state index contributed by atoms with van der Waals surface area (Å²) in [4.78, 5) is 15.0. The Morgan fingerprint density at radius 1 is 1.03 bits per heavy atom. The first-order valence-corrected chi connectivity index (χ1v) is 12.6. The van der Waals surface area contributed by atoms with Gasteiger partial charge in [0.25, 0.3) is 0 Å². The monoisotopic (exact) mass is 497 g/mol. The zero-order valence-electron chi connectivity index (χ0n) is 22.3. The Hall–Kier alpha value is -2.42. The molecule has 194 valence electrons. The molecule has 2 aliphatic heterocycles. The molecule has 2 heterocycles. The van der Waals surface area contributed by atoms with Gasteiger partial charge >= 0.3 is 13.2 Å². The van der Waals surface area contributed by atoms with Crippen LogP contribution in [-0.2, 0) is 19.6 Å². The number of ether oxygens (including phenoxy) is 1. The molecule has 2 aromatic rings. The lowest BCUT2D eigenvalue weighted by atomic mass is 9.78. The molecular weight excluding hydrogens is 460 g/mol. The molecule has 6 nitrogen and oxygen atoms in total. The van der Waals surface area contributed by atoms with E-state index in [1.807, 2.05) is 58.9 Å². The molecule has 2 unspecified atom stereocenters. The highest BCUT2D eigenvalue weighted by molar-refractivity contribution is 6.62. The van der Waals surface area contributed by atoms with Gasteiger partial charge in [-0.15, -0.1) is 0 Å². The molecule has 0 radical (unpaired) electrons. The van der Waals surface area contributed by atoms with Crippen LogP contribution in [-0.4, -0.2) is 46.6 Å². The molecule has 2 aromatic carbocycles. The lowest BCUT2D eigenvalue weighted by Crippen LogP contribution is -2.51. The normalized spacial score (nSPS) is 24.5. The van der Waals surface area contributed by atoms with Gasteiger partial charge in [-0.05, 0) is 77.2 Å². The summed E-state index contributed by atoms with van der Waals surface area (Å²) in [6.45, 7) is 13.9. The van der Waals surface area contributed by atoms with Crippen LogP contribution in [0, 0.1) is 5.82 Å². The molecule has 2 aliphatic rings. The quantitative estimate of drug-likeness (QED) is 0.564. The van der Waals surface area contributed by atoms with E-state index in [9.17, 15) is 14.3 Å². The van der Waals surface area contributed by atoms with E-state index in [4.69, 9.17) is 14.0 Å². The van der Waals surface area contributed by atoms with E-state index in [0.29, 0.717) is 18.5 Å². The van der Waals surface area contributed by atoms with E-state index in [1.165, 1.54) is 12.1 Å². The third-order valence-corrected chi connectivity index (χ3v) is 7.77. The van der Waals surface area contributed by atoms with Gasteiger partial charge in [0.1, 0.15) is 11.4 Å². The molecular formula is C28H37BFNO5. The predicted molar refractivity (Wildman–Crippen MR) is 137 cm³/mol. The first kappa shape index (κ1) is 26.6. The van der Waals surface area contributed by atoms with E-state index >= 15 is 0 Å². The van der Waals surface area contributed by atoms with Crippen molar-refractivity contribution in [3.8, 4) is 0 Å². The van der Waals surface area contributed by atoms with Crippen molar-refractivity contribution in [1.82, 2.24) is 4.90 Å². The number of benzene rings is 2. The standard InChI is InChI=1S/C28H37BFNO5/c1-19(20-8-12-22(13-9-20)29-35-26(4,5)27(6,7)36-29)31-17-16-28(34-24(31)32,18-25(2,3)33)21-10-14-23(30)15-11-21/h8-15,19,33H,16-18H2,1-7H3. The van der Waals surface area contributed by atoms with Crippen LogP contribution in [0.4, 0.5) is 9.18 Å². The topological polar surface area (TPSA) is 68.2 Å². The van der Waals surface area contributed by atoms with Crippen molar-refractivity contribution in [3.05, 3.63) is 65.5 Å². The number of rotatable bonds is 6. The highest BCUT2D eigenvalue weighted by Gasteiger charge is 2.52. The minimum Gasteiger partial charge on any atom is -0.438 e. The maximum Gasteiger partial charge on any atom is 0.494 e. The molecule has 0 aliphatic carbocycles. The fourth-order valence-corrected chi connectivity index (χ4v) is 4.99. The summed E-state index contributed by atoms with van der Waals surface area (Å²) < 4.78 is 31.9. The number of cyclic esters (lactones) is 1. The Labute approximate surface area is 213 Å². The Kier molecular flexibility index (Phi) is 6.78. The van der Waals surface area contributed by atoms with Gasteiger partial charge in [-0.1, -0.05) is 36.4 Å². The van der Waals surface area contributed by atoms with E-state index in [1.54, 1.807) is 30.9 Å². The van der Waals surface area contributed by atoms with Gasteiger partial charge in [0, 0.05) is 19.4 Å². The van der Waals surface area contributed by atoms with Crippen molar-refractivity contribution in [2.75, 3.05) is 6.54 Å². The van der Waals surface area contributed by atoms with Gasteiger partial charge in [0.2, 0.25) is 0 Å². The number of halogens is 1. The molecule has 4 rings (SSSR count). The lowest BCUT2D eigenvalue weighted by Gasteiger charge is -2.45. The summed E-state index contributed by atoms with van der Waals surface area (Å²) in [6.07, 6.45) is 0.227. The molecule has 1 amide bonds. The molecule has 0 aromatic heterocycles. The third-order valence-electron chi connectivity index (χ3n) is 7.77. The number of nitrogens with zero attached hydrogens (tertiary/aromatic N) is 1. The van der Waals surface area contributed by atoms with Crippen molar-refractivity contribution in [2.45, 2.75) is 89.8 Å². The van der Waals surface area contributed by atoms with Crippen molar-refractivity contribution in [1.29, 1.82) is 0 Å². The van der Waals surface area contributed by atoms with E-state index in [2.05, 4.69) is 0 Å². The number of aliphatic hydroxyl groups is 1. The third kappa shape index (κ3) is 5.17. The maximum absolute atomic E-state index is 13.6. The summed E-state index contributed by atoms with van der Waals surface area (Å²) in [5.41, 5.74) is -0.372. The Balaban J connectivity index is 1.50. The fraction of sp³-hybridized carbons (Fsp3) is 0.536. The van der Waals surface area contributed by atoms with Crippen molar-refractivity contribution < 1.29 is 28.3 Å². The minimum atomic E-state index is -1.08. The summed E-state index contributed by atoms with van der Waals surface area (Å²) in [7, 11) is -0.447. The van der Waals surface area contributed by atoms with E-state index in [-0.39, 0.29) is 18.3 Å². The fourth-order valence-electron chi connectivity index (χ4n) is 4.99. The second-order valence-electron chi connectivity index (χ2n) is 11.7. The number of amides is 1. The SMILES string of the molecule is CC(c1ccc(B2OC(C)(C)C(C)(C)O2)cc1)N1CCC(CC(C)(C)O)(c2ccc(F)cc2)OC1=O. The molecule has 36 heavy (non-hydrogen) atoms.